The quantitative estimate of drug-likeness (QED) is 0.843. The zero-order valence-corrected chi connectivity index (χ0v) is 16.7. The predicted octanol–water partition coefficient (Wildman–Crippen LogP) is 4.05. The van der Waals surface area contributed by atoms with Gasteiger partial charge in [0.05, 0.1) is 6.42 Å². The molecule has 2 N–H and O–H groups in total. The monoisotopic (exact) mass is 386 g/mol. The molecule has 1 amide bonds. The molecule has 4 nitrogen and oxygen atoms in total. The molecule has 1 atom stereocenters. The van der Waals surface area contributed by atoms with Crippen molar-refractivity contribution in [1.29, 1.82) is 0 Å². The van der Waals surface area contributed by atoms with Crippen molar-refractivity contribution in [3.05, 3.63) is 64.7 Å². The van der Waals surface area contributed by atoms with Crippen molar-refractivity contribution in [1.82, 2.24) is 4.90 Å². The summed E-state index contributed by atoms with van der Waals surface area (Å²) in [7, 11) is 0. The van der Waals surface area contributed by atoms with Gasteiger partial charge in [0.1, 0.15) is 12.4 Å². The Hall–Kier alpha value is -2.04. The highest BCUT2D eigenvalue weighted by Crippen LogP contribution is 2.28. The van der Waals surface area contributed by atoms with Crippen molar-refractivity contribution >= 4 is 17.5 Å². The maximum Gasteiger partial charge on any atom is 0.227 e. The number of halogens is 1. The SMILES string of the molecule is CC1(C)CN(C(=O)Cc2cccc(OCc3ccc(Cl)cc3)c2)CCC1N. The number of rotatable bonds is 5. The van der Waals surface area contributed by atoms with Crippen molar-refractivity contribution in [2.45, 2.75) is 39.3 Å². The number of amides is 1. The zero-order chi connectivity index (χ0) is 19.4. The first-order valence-electron chi connectivity index (χ1n) is 9.33. The van der Waals surface area contributed by atoms with Gasteiger partial charge in [-0.05, 0) is 47.2 Å². The second-order valence-corrected chi connectivity index (χ2v) is 8.37. The van der Waals surface area contributed by atoms with Crippen molar-refractivity contribution < 1.29 is 9.53 Å². The maximum atomic E-state index is 12.7. The van der Waals surface area contributed by atoms with Gasteiger partial charge in [0.15, 0.2) is 0 Å². The fourth-order valence-electron chi connectivity index (χ4n) is 3.37. The average molecular weight is 387 g/mol. The zero-order valence-electron chi connectivity index (χ0n) is 16.0. The number of likely N-dealkylation sites (tertiary alicyclic amines) is 1. The molecule has 144 valence electrons. The lowest BCUT2D eigenvalue weighted by molar-refractivity contribution is -0.133. The van der Waals surface area contributed by atoms with Crippen LogP contribution in [0, 0.1) is 5.41 Å². The van der Waals surface area contributed by atoms with Crippen molar-refractivity contribution in [2.75, 3.05) is 13.1 Å². The summed E-state index contributed by atoms with van der Waals surface area (Å²) < 4.78 is 5.86. The normalized spacial score (nSPS) is 19.0. The molecule has 2 aromatic carbocycles. The number of ether oxygens (including phenoxy) is 1. The Balaban J connectivity index is 1.58. The summed E-state index contributed by atoms with van der Waals surface area (Å²) in [5.41, 5.74) is 8.14. The van der Waals surface area contributed by atoms with E-state index in [-0.39, 0.29) is 17.4 Å². The van der Waals surface area contributed by atoms with Crippen LogP contribution in [-0.2, 0) is 17.8 Å². The van der Waals surface area contributed by atoms with E-state index in [1.165, 1.54) is 0 Å². The lowest BCUT2D eigenvalue weighted by atomic mass is 9.79. The molecule has 1 unspecified atom stereocenters. The number of hydrogen-bond acceptors (Lipinski definition) is 3. The number of carbonyl (C=O) groups is 1. The van der Waals surface area contributed by atoms with Gasteiger partial charge in [-0.15, -0.1) is 0 Å². The highest BCUT2D eigenvalue weighted by Gasteiger charge is 2.35. The molecule has 1 fully saturated rings. The van der Waals surface area contributed by atoms with Crippen LogP contribution >= 0.6 is 11.6 Å². The number of carbonyl (C=O) groups excluding carboxylic acids is 1. The van der Waals surface area contributed by atoms with Gasteiger partial charge in [-0.1, -0.05) is 49.7 Å². The molecule has 0 saturated carbocycles. The highest BCUT2D eigenvalue weighted by molar-refractivity contribution is 6.30. The van der Waals surface area contributed by atoms with E-state index < -0.39 is 0 Å². The van der Waals surface area contributed by atoms with Gasteiger partial charge in [0.25, 0.3) is 0 Å². The fraction of sp³-hybridized carbons (Fsp3) is 0.409. The van der Waals surface area contributed by atoms with E-state index in [0.29, 0.717) is 24.6 Å². The summed E-state index contributed by atoms with van der Waals surface area (Å²) in [6.45, 7) is 6.16. The van der Waals surface area contributed by atoms with Crippen LogP contribution < -0.4 is 10.5 Å². The Bertz CT molecular complexity index is 789. The Morgan fingerprint density at radius 1 is 1.22 bits per heavy atom. The maximum absolute atomic E-state index is 12.7. The molecule has 1 heterocycles. The molecular formula is C22H27ClN2O2. The second-order valence-electron chi connectivity index (χ2n) is 7.94. The molecule has 5 heteroatoms. The standard InChI is InChI=1S/C22H27ClN2O2/c1-22(2)15-25(11-10-20(22)24)21(26)13-17-4-3-5-19(12-17)27-14-16-6-8-18(23)9-7-16/h3-9,12,20H,10-11,13-15,24H2,1-2H3. The van der Waals surface area contributed by atoms with E-state index in [9.17, 15) is 4.79 Å². The van der Waals surface area contributed by atoms with Crippen LogP contribution in [0.2, 0.25) is 5.02 Å². The molecule has 27 heavy (non-hydrogen) atoms. The Labute approximate surface area is 166 Å². The largest absolute Gasteiger partial charge is 0.489 e. The second kappa shape index (κ2) is 8.32. The van der Waals surface area contributed by atoms with E-state index in [4.69, 9.17) is 22.1 Å². The third kappa shape index (κ3) is 5.24. The van der Waals surface area contributed by atoms with Gasteiger partial charge in [-0.25, -0.2) is 0 Å². The number of hydrogen-bond donors (Lipinski definition) is 1. The highest BCUT2D eigenvalue weighted by atomic mass is 35.5. The van der Waals surface area contributed by atoms with E-state index in [2.05, 4.69) is 13.8 Å². The van der Waals surface area contributed by atoms with Crippen LogP contribution in [-0.4, -0.2) is 29.9 Å². The van der Waals surface area contributed by atoms with Crippen molar-refractivity contribution in [3.8, 4) is 5.75 Å². The smallest absolute Gasteiger partial charge is 0.227 e. The van der Waals surface area contributed by atoms with E-state index in [1.54, 1.807) is 0 Å². The van der Waals surface area contributed by atoms with Crippen LogP contribution in [0.4, 0.5) is 0 Å². The molecule has 0 radical (unpaired) electrons. The summed E-state index contributed by atoms with van der Waals surface area (Å²) in [6.07, 6.45) is 1.23. The molecule has 3 rings (SSSR count). The first-order chi connectivity index (χ1) is 12.8. The fourth-order valence-corrected chi connectivity index (χ4v) is 3.49. The lowest BCUT2D eigenvalue weighted by Crippen LogP contribution is -2.54. The molecule has 2 aromatic rings. The van der Waals surface area contributed by atoms with Crippen molar-refractivity contribution in [3.63, 3.8) is 0 Å². The summed E-state index contributed by atoms with van der Waals surface area (Å²) in [5, 5.41) is 0.709. The number of piperidine rings is 1. The summed E-state index contributed by atoms with van der Waals surface area (Å²) in [5.74, 6) is 0.904. The van der Waals surface area contributed by atoms with Crippen LogP contribution in [0.5, 0.6) is 5.75 Å². The molecule has 1 aliphatic rings. The van der Waals surface area contributed by atoms with Crippen molar-refractivity contribution in [2.24, 2.45) is 11.1 Å². The van der Waals surface area contributed by atoms with E-state index in [0.717, 1.165) is 29.8 Å². The Morgan fingerprint density at radius 2 is 1.96 bits per heavy atom. The Morgan fingerprint density at radius 3 is 2.67 bits per heavy atom. The van der Waals surface area contributed by atoms with Gasteiger partial charge in [-0.3, -0.25) is 4.79 Å². The third-order valence-corrected chi connectivity index (χ3v) is 5.49. The van der Waals surface area contributed by atoms with E-state index >= 15 is 0 Å². The van der Waals surface area contributed by atoms with Gasteiger partial charge in [0.2, 0.25) is 5.91 Å². The first kappa shape index (κ1) is 19.7. The number of nitrogens with zero attached hydrogens (tertiary/aromatic N) is 1. The molecule has 1 saturated heterocycles. The third-order valence-electron chi connectivity index (χ3n) is 5.24. The van der Waals surface area contributed by atoms with Gasteiger partial charge >= 0.3 is 0 Å². The predicted molar refractivity (Wildman–Crippen MR) is 109 cm³/mol. The minimum Gasteiger partial charge on any atom is -0.489 e. The molecule has 0 spiro atoms. The molecule has 0 aliphatic carbocycles. The molecule has 0 aromatic heterocycles. The number of benzene rings is 2. The Kier molecular flexibility index (Phi) is 6.08. The van der Waals surface area contributed by atoms with Crippen LogP contribution in [0.3, 0.4) is 0 Å². The summed E-state index contributed by atoms with van der Waals surface area (Å²) in [4.78, 5) is 14.7. The van der Waals surface area contributed by atoms with Gasteiger partial charge < -0.3 is 15.4 Å². The van der Waals surface area contributed by atoms with Crippen LogP contribution in [0.15, 0.2) is 48.5 Å². The first-order valence-corrected chi connectivity index (χ1v) is 9.71. The van der Waals surface area contributed by atoms with Gasteiger partial charge in [0, 0.05) is 24.2 Å². The van der Waals surface area contributed by atoms with Crippen LogP contribution in [0.1, 0.15) is 31.4 Å². The minimum atomic E-state index is -0.0442. The molecular weight excluding hydrogens is 360 g/mol. The lowest BCUT2D eigenvalue weighted by Gasteiger charge is -2.42. The van der Waals surface area contributed by atoms with E-state index in [1.807, 2.05) is 53.4 Å². The van der Waals surface area contributed by atoms with Crippen LogP contribution in [0.25, 0.3) is 0 Å². The van der Waals surface area contributed by atoms with Gasteiger partial charge in [-0.2, -0.15) is 0 Å². The number of nitrogens with two attached hydrogens (primary N) is 1. The molecule has 0 bridgehead atoms. The average Bonchev–Trinajstić information content (AvgIpc) is 2.64. The molecule has 1 aliphatic heterocycles. The summed E-state index contributed by atoms with van der Waals surface area (Å²) in [6, 6.07) is 15.5. The summed E-state index contributed by atoms with van der Waals surface area (Å²) >= 11 is 5.90. The minimum absolute atomic E-state index is 0.0442. The topological polar surface area (TPSA) is 55.6 Å².